The smallest absolute Gasteiger partial charge is 0.219 e. The van der Waals surface area contributed by atoms with Crippen LogP contribution >= 0.6 is 0 Å². The molecular formula is C27H33FN6O3S. The van der Waals surface area contributed by atoms with E-state index in [1.165, 1.54) is 22.7 Å². The number of nitrogens with zero attached hydrogens (tertiary/aromatic N) is 4. The molecule has 1 unspecified atom stereocenters. The summed E-state index contributed by atoms with van der Waals surface area (Å²) in [5, 5.41) is 21.8. The summed E-state index contributed by atoms with van der Waals surface area (Å²) in [6.45, 7) is 6.72. The van der Waals surface area contributed by atoms with Crippen molar-refractivity contribution in [3.63, 3.8) is 0 Å². The van der Waals surface area contributed by atoms with Crippen molar-refractivity contribution in [2.45, 2.75) is 20.1 Å². The summed E-state index contributed by atoms with van der Waals surface area (Å²) in [6.07, 6.45) is 6.41. The minimum Gasteiger partial charge on any atom is -0.618 e. The molecule has 38 heavy (non-hydrogen) atoms. The lowest BCUT2D eigenvalue weighted by atomic mass is 10.0. The standard InChI is InChI=1S/C27H33FN6O3S/c1-18-16-20(28)7-9-23(18)29-27-30-24-10-8-21-19(2)25(34(35)17-22(21)26(24)31(27)3)6-5-11-32-12-14-33(15-13-32)38(4,36)37/h5-10,16-17,27,29-30H,11-15H2,1-4H3. The van der Waals surface area contributed by atoms with Crippen molar-refractivity contribution in [1.29, 1.82) is 0 Å². The normalized spacial score (nSPS) is 18.8. The lowest BCUT2D eigenvalue weighted by Gasteiger charge is -2.32. The second-order valence-corrected chi connectivity index (χ2v) is 12.0. The molecule has 0 radical (unpaired) electrons. The topological polar surface area (TPSA) is 94.9 Å². The van der Waals surface area contributed by atoms with Gasteiger partial charge in [-0.3, -0.25) is 4.90 Å². The van der Waals surface area contributed by atoms with Gasteiger partial charge in [0.25, 0.3) is 0 Å². The van der Waals surface area contributed by atoms with Gasteiger partial charge in [0.1, 0.15) is 5.82 Å². The number of fused-ring (bicyclic) bond motifs is 3. The highest BCUT2D eigenvalue weighted by atomic mass is 32.2. The Morgan fingerprint density at radius 1 is 1.16 bits per heavy atom. The molecule has 1 saturated heterocycles. The second kappa shape index (κ2) is 10.0. The van der Waals surface area contributed by atoms with Crippen LogP contribution in [0.4, 0.5) is 21.5 Å². The van der Waals surface area contributed by atoms with Gasteiger partial charge in [-0.15, -0.1) is 0 Å². The van der Waals surface area contributed by atoms with E-state index >= 15 is 0 Å². The monoisotopic (exact) mass is 540 g/mol. The SMILES string of the molecule is Cc1cc(F)ccc1NC1Nc2ccc3c(C)c(C=CCN4CCN(S(C)(=O)=O)CC4)[n+]([O-])cc3c2N1C. The van der Waals surface area contributed by atoms with E-state index in [0.29, 0.717) is 38.4 Å². The number of nitrogens with one attached hydrogen (secondary N) is 2. The minimum atomic E-state index is -3.16. The van der Waals surface area contributed by atoms with E-state index in [1.807, 2.05) is 50.1 Å². The van der Waals surface area contributed by atoms with Crippen molar-refractivity contribution >= 4 is 43.9 Å². The molecule has 2 aliphatic heterocycles. The molecule has 0 spiro atoms. The first-order valence-electron chi connectivity index (χ1n) is 12.6. The zero-order chi connectivity index (χ0) is 27.2. The van der Waals surface area contributed by atoms with Crippen molar-refractivity contribution < 1.29 is 17.5 Å². The highest BCUT2D eigenvalue weighted by Crippen LogP contribution is 2.41. The van der Waals surface area contributed by atoms with Crippen LogP contribution in [0.1, 0.15) is 16.8 Å². The predicted octanol–water partition coefficient (Wildman–Crippen LogP) is 3.08. The summed E-state index contributed by atoms with van der Waals surface area (Å²) in [4.78, 5) is 4.22. The summed E-state index contributed by atoms with van der Waals surface area (Å²) in [7, 11) is -1.20. The van der Waals surface area contributed by atoms with Crippen LogP contribution in [-0.4, -0.2) is 69.9 Å². The number of hydrogen-bond acceptors (Lipinski definition) is 7. The third-order valence-corrected chi connectivity index (χ3v) is 8.74. The van der Waals surface area contributed by atoms with Gasteiger partial charge < -0.3 is 20.7 Å². The van der Waals surface area contributed by atoms with Gasteiger partial charge in [0, 0.05) is 57.1 Å². The van der Waals surface area contributed by atoms with Crippen LogP contribution in [0.5, 0.6) is 0 Å². The van der Waals surface area contributed by atoms with E-state index in [9.17, 15) is 18.0 Å². The number of halogens is 1. The van der Waals surface area contributed by atoms with E-state index in [0.717, 1.165) is 43.7 Å². The average molecular weight is 541 g/mol. The molecule has 3 aromatic rings. The number of piperazine rings is 1. The largest absolute Gasteiger partial charge is 0.618 e. The molecule has 1 aromatic heterocycles. The molecule has 5 rings (SSSR count). The van der Waals surface area contributed by atoms with Crippen LogP contribution < -0.4 is 20.3 Å². The Morgan fingerprint density at radius 2 is 1.89 bits per heavy atom. The molecule has 0 bridgehead atoms. The molecule has 2 aliphatic rings. The van der Waals surface area contributed by atoms with Crippen molar-refractivity contribution in [3.05, 3.63) is 70.5 Å². The van der Waals surface area contributed by atoms with E-state index < -0.39 is 10.0 Å². The van der Waals surface area contributed by atoms with Gasteiger partial charge in [-0.25, -0.2) is 12.8 Å². The Bertz CT molecular complexity index is 1520. The Kier molecular flexibility index (Phi) is 6.93. The van der Waals surface area contributed by atoms with Gasteiger partial charge in [0.05, 0.1) is 23.0 Å². The fraction of sp³-hybridized carbons (Fsp3) is 0.370. The number of aromatic nitrogens is 1. The average Bonchev–Trinajstić information content (AvgIpc) is 3.18. The third-order valence-electron chi connectivity index (χ3n) is 7.44. The molecule has 11 heteroatoms. The van der Waals surface area contributed by atoms with Crippen LogP contribution in [0, 0.1) is 24.9 Å². The molecule has 202 valence electrons. The maximum Gasteiger partial charge on any atom is 0.219 e. The number of benzene rings is 2. The van der Waals surface area contributed by atoms with Crippen LogP contribution in [-0.2, 0) is 10.0 Å². The first kappa shape index (κ1) is 26.2. The number of anilines is 3. The molecule has 2 N–H and O–H groups in total. The second-order valence-electron chi connectivity index (χ2n) is 10.0. The van der Waals surface area contributed by atoms with Crippen LogP contribution in [0.25, 0.3) is 16.8 Å². The molecule has 2 aromatic carbocycles. The predicted molar refractivity (Wildman–Crippen MR) is 150 cm³/mol. The quantitative estimate of drug-likeness (QED) is 0.367. The molecule has 3 heterocycles. The first-order chi connectivity index (χ1) is 18.0. The zero-order valence-electron chi connectivity index (χ0n) is 22.0. The van der Waals surface area contributed by atoms with E-state index in [4.69, 9.17) is 0 Å². The summed E-state index contributed by atoms with van der Waals surface area (Å²) >= 11 is 0. The van der Waals surface area contributed by atoms with Crippen molar-refractivity contribution in [2.24, 2.45) is 0 Å². The van der Waals surface area contributed by atoms with Crippen LogP contribution in [0.15, 0.2) is 42.6 Å². The van der Waals surface area contributed by atoms with Crippen LogP contribution in [0.2, 0.25) is 0 Å². The van der Waals surface area contributed by atoms with Gasteiger partial charge >= 0.3 is 0 Å². The molecule has 1 fully saturated rings. The maximum absolute atomic E-state index is 13.5. The molecule has 1 atom stereocenters. The Morgan fingerprint density at radius 3 is 2.58 bits per heavy atom. The molecular weight excluding hydrogens is 507 g/mol. The van der Waals surface area contributed by atoms with Crippen LogP contribution in [0.3, 0.4) is 0 Å². The fourth-order valence-corrected chi connectivity index (χ4v) is 6.08. The van der Waals surface area contributed by atoms with E-state index in [2.05, 4.69) is 15.5 Å². The highest BCUT2D eigenvalue weighted by molar-refractivity contribution is 7.88. The Balaban J connectivity index is 1.34. The van der Waals surface area contributed by atoms with Crippen molar-refractivity contribution in [2.75, 3.05) is 61.6 Å². The maximum atomic E-state index is 13.5. The lowest BCUT2D eigenvalue weighted by molar-refractivity contribution is -0.606. The summed E-state index contributed by atoms with van der Waals surface area (Å²) in [5.74, 6) is -0.273. The first-order valence-corrected chi connectivity index (χ1v) is 14.4. The zero-order valence-corrected chi connectivity index (χ0v) is 22.8. The Hall–Kier alpha value is -3.41. The molecule has 0 saturated carbocycles. The van der Waals surface area contributed by atoms with E-state index in [1.54, 1.807) is 12.3 Å². The Labute approximate surface area is 222 Å². The van der Waals surface area contributed by atoms with Gasteiger partial charge in [0.15, 0.2) is 12.5 Å². The fourth-order valence-electron chi connectivity index (χ4n) is 5.25. The summed E-state index contributed by atoms with van der Waals surface area (Å²) in [5.41, 5.74) is 4.94. The highest BCUT2D eigenvalue weighted by Gasteiger charge is 2.30. The lowest BCUT2D eigenvalue weighted by Crippen LogP contribution is -2.48. The third kappa shape index (κ3) is 5.01. The van der Waals surface area contributed by atoms with Gasteiger partial charge in [-0.1, -0.05) is 12.1 Å². The van der Waals surface area contributed by atoms with Crippen molar-refractivity contribution in [3.8, 4) is 0 Å². The number of rotatable bonds is 6. The van der Waals surface area contributed by atoms with E-state index in [-0.39, 0.29) is 12.1 Å². The number of hydrogen-bond donors (Lipinski definition) is 2. The molecule has 0 amide bonds. The number of sulfonamides is 1. The van der Waals surface area contributed by atoms with Gasteiger partial charge in [0.2, 0.25) is 15.7 Å². The summed E-state index contributed by atoms with van der Waals surface area (Å²) in [6, 6.07) is 8.69. The van der Waals surface area contributed by atoms with Gasteiger partial charge in [-0.2, -0.15) is 9.04 Å². The summed E-state index contributed by atoms with van der Waals surface area (Å²) < 4.78 is 39.4. The van der Waals surface area contributed by atoms with Crippen molar-refractivity contribution in [1.82, 2.24) is 9.21 Å². The minimum absolute atomic E-state index is 0.261. The van der Waals surface area contributed by atoms with Gasteiger partial charge in [-0.05, 0) is 49.1 Å². The molecule has 0 aliphatic carbocycles. The number of aryl methyl sites for hydroxylation is 2. The number of pyridine rings is 1. The molecule has 9 nitrogen and oxygen atoms in total.